The van der Waals surface area contributed by atoms with Crippen LogP contribution < -0.4 is 5.32 Å². The van der Waals surface area contributed by atoms with Crippen LogP contribution in [0.2, 0.25) is 0 Å². The lowest BCUT2D eigenvalue weighted by molar-refractivity contribution is -0.117. The number of nitrogens with one attached hydrogen (secondary N) is 1. The highest BCUT2D eigenvalue weighted by Crippen LogP contribution is 2.25. The second-order valence-electron chi connectivity index (χ2n) is 8.47. The third kappa shape index (κ3) is 5.67. The summed E-state index contributed by atoms with van der Waals surface area (Å²) in [5.74, 6) is -1.21. The predicted molar refractivity (Wildman–Crippen MR) is 137 cm³/mol. The molecule has 0 saturated carbocycles. The molecule has 5 aromatic rings. The van der Waals surface area contributed by atoms with E-state index >= 15 is 0 Å². The number of anilines is 1. The highest BCUT2D eigenvalue weighted by Gasteiger charge is 2.22. The first-order chi connectivity index (χ1) is 18.5. The summed E-state index contributed by atoms with van der Waals surface area (Å²) in [4.78, 5) is 27.7. The molecule has 0 spiro atoms. The number of halogens is 2. The maximum Gasteiger partial charge on any atom is 0.254 e. The van der Waals surface area contributed by atoms with E-state index in [0.717, 1.165) is 11.6 Å². The molecule has 9 heteroatoms. The van der Waals surface area contributed by atoms with Crippen molar-refractivity contribution in [1.29, 1.82) is 0 Å². The van der Waals surface area contributed by atoms with Crippen LogP contribution in [0.4, 0.5) is 14.6 Å². The highest BCUT2D eigenvalue weighted by molar-refractivity contribution is 5.99. The summed E-state index contributed by atoms with van der Waals surface area (Å²) in [7, 11) is 0. The number of nitrogens with zero attached hydrogens (tertiary/aromatic N) is 3. The van der Waals surface area contributed by atoms with Crippen molar-refractivity contribution in [1.82, 2.24) is 14.7 Å². The predicted octanol–water partition coefficient (Wildman–Crippen LogP) is 5.69. The van der Waals surface area contributed by atoms with E-state index in [0.29, 0.717) is 23.0 Å². The molecule has 0 aliphatic rings. The molecule has 38 heavy (non-hydrogen) atoms. The van der Waals surface area contributed by atoms with Gasteiger partial charge in [-0.05, 0) is 54.6 Å². The van der Waals surface area contributed by atoms with Crippen LogP contribution in [0, 0.1) is 11.6 Å². The van der Waals surface area contributed by atoms with Gasteiger partial charge in [-0.2, -0.15) is 5.10 Å². The first-order valence-corrected chi connectivity index (χ1v) is 11.7. The molecule has 0 aliphatic carbocycles. The molecule has 1 N–H and O–H groups in total. The quantitative estimate of drug-likeness (QED) is 0.290. The molecule has 0 bridgehead atoms. The molecule has 5 rings (SSSR count). The van der Waals surface area contributed by atoms with Crippen molar-refractivity contribution < 1.29 is 22.8 Å². The van der Waals surface area contributed by atoms with Gasteiger partial charge in [0.1, 0.15) is 29.8 Å². The number of rotatable bonds is 8. The van der Waals surface area contributed by atoms with E-state index in [2.05, 4.69) is 10.4 Å². The fourth-order valence-electron chi connectivity index (χ4n) is 3.95. The van der Waals surface area contributed by atoms with E-state index in [9.17, 15) is 18.4 Å². The van der Waals surface area contributed by atoms with Crippen molar-refractivity contribution in [2.75, 3.05) is 11.9 Å². The molecule has 3 aromatic carbocycles. The molecule has 0 saturated heterocycles. The average Bonchev–Trinajstić information content (AvgIpc) is 3.59. The molecule has 2 aromatic heterocycles. The Morgan fingerprint density at radius 1 is 0.868 bits per heavy atom. The van der Waals surface area contributed by atoms with Crippen molar-refractivity contribution in [2.45, 2.75) is 6.54 Å². The number of aromatic nitrogens is 2. The molecule has 2 amide bonds. The van der Waals surface area contributed by atoms with Crippen molar-refractivity contribution in [3.05, 3.63) is 126 Å². The molecule has 0 aliphatic heterocycles. The number of amides is 2. The lowest BCUT2D eigenvalue weighted by atomic mass is 10.1. The van der Waals surface area contributed by atoms with Crippen LogP contribution in [0.3, 0.4) is 0 Å². The van der Waals surface area contributed by atoms with E-state index in [1.165, 1.54) is 46.2 Å². The van der Waals surface area contributed by atoms with Gasteiger partial charge >= 0.3 is 0 Å². The van der Waals surface area contributed by atoms with Crippen LogP contribution in [-0.4, -0.2) is 33.0 Å². The van der Waals surface area contributed by atoms with Crippen LogP contribution in [-0.2, 0) is 11.3 Å². The molecule has 0 fully saturated rings. The summed E-state index contributed by atoms with van der Waals surface area (Å²) in [6.07, 6.45) is 1.46. The average molecular weight is 513 g/mol. The topological polar surface area (TPSA) is 80.4 Å². The van der Waals surface area contributed by atoms with Crippen molar-refractivity contribution in [3.63, 3.8) is 0 Å². The van der Waals surface area contributed by atoms with Crippen LogP contribution in [0.5, 0.6) is 0 Å². The zero-order chi connectivity index (χ0) is 26.5. The number of benzene rings is 3. The van der Waals surface area contributed by atoms with E-state index in [1.807, 2.05) is 30.3 Å². The third-order valence-corrected chi connectivity index (χ3v) is 5.74. The maximum atomic E-state index is 13.8. The van der Waals surface area contributed by atoms with Crippen LogP contribution in [0.15, 0.2) is 108 Å². The standard InChI is InChI=1S/C29H22F2N4O3/c30-22-11-13-24(14-12-22)35-27(17-26(33-35)20-6-2-1-3-7-20)32-28(36)19-34(18-25-10-5-15-38-25)29(37)21-8-4-9-23(31)16-21/h1-17H,18-19H2,(H,32,36). The summed E-state index contributed by atoms with van der Waals surface area (Å²) < 4.78 is 34.2. The zero-order valence-electron chi connectivity index (χ0n) is 20.1. The van der Waals surface area contributed by atoms with Crippen molar-refractivity contribution in [2.24, 2.45) is 0 Å². The molecule has 2 heterocycles. The number of hydrogen-bond donors (Lipinski definition) is 1. The van der Waals surface area contributed by atoms with Crippen LogP contribution in [0.1, 0.15) is 16.1 Å². The van der Waals surface area contributed by atoms with E-state index < -0.39 is 23.4 Å². The summed E-state index contributed by atoms with van der Waals surface area (Å²) in [6.45, 7) is -0.340. The van der Waals surface area contributed by atoms with Gasteiger partial charge in [-0.15, -0.1) is 0 Å². The Morgan fingerprint density at radius 2 is 1.66 bits per heavy atom. The second kappa shape index (κ2) is 10.9. The maximum absolute atomic E-state index is 13.8. The van der Waals surface area contributed by atoms with Crippen molar-refractivity contribution >= 4 is 17.6 Å². The lowest BCUT2D eigenvalue weighted by Crippen LogP contribution is -2.37. The third-order valence-electron chi connectivity index (χ3n) is 5.74. The largest absolute Gasteiger partial charge is 0.467 e. The Morgan fingerprint density at radius 3 is 2.37 bits per heavy atom. The van der Waals surface area contributed by atoms with Gasteiger partial charge in [0.2, 0.25) is 5.91 Å². The number of hydrogen-bond acceptors (Lipinski definition) is 4. The molecular formula is C29H22F2N4O3. The SMILES string of the molecule is O=C(CN(Cc1ccco1)C(=O)c1cccc(F)c1)Nc1cc(-c2ccccc2)nn1-c1ccc(F)cc1. The normalized spacial score (nSPS) is 10.8. The first kappa shape index (κ1) is 24.6. The minimum atomic E-state index is -0.560. The van der Waals surface area contributed by atoms with E-state index in [4.69, 9.17) is 4.42 Å². The van der Waals surface area contributed by atoms with Gasteiger partial charge in [0.25, 0.3) is 5.91 Å². The minimum Gasteiger partial charge on any atom is -0.467 e. The highest BCUT2D eigenvalue weighted by atomic mass is 19.1. The van der Waals surface area contributed by atoms with Gasteiger partial charge in [-0.1, -0.05) is 36.4 Å². The minimum absolute atomic E-state index is 0.00224. The Bertz CT molecular complexity index is 1550. The Labute approximate surface area is 216 Å². The van der Waals surface area contributed by atoms with Gasteiger partial charge in [0, 0.05) is 17.2 Å². The molecule has 0 radical (unpaired) electrons. The first-order valence-electron chi connectivity index (χ1n) is 11.7. The zero-order valence-corrected chi connectivity index (χ0v) is 20.1. The number of carbonyl (C=O) groups is 2. The Kier molecular flexibility index (Phi) is 7.08. The van der Waals surface area contributed by atoms with Gasteiger partial charge < -0.3 is 14.6 Å². The lowest BCUT2D eigenvalue weighted by Gasteiger charge is -2.21. The van der Waals surface area contributed by atoms with Crippen LogP contribution >= 0.6 is 0 Å². The molecule has 7 nitrogen and oxygen atoms in total. The van der Waals surface area contributed by atoms with Crippen molar-refractivity contribution in [3.8, 4) is 16.9 Å². The van der Waals surface area contributed by atoms with Gasteiger partial charge in [0.05, 0.1) is 24.2 Å². The van der Waals surface area contributed by atoms with Gasteiger partial charge in [0.15, 0.2) is 0 Å². The van der Waals surface area contributed by atoms with E-state index in [-0.39, 0.29) is 18.7 Å². The molecule has 190 valence electrons. The summed E-state index contributed by atoms with van der Waals surface area (Å²) >= 11 is 0. The summed E-state index contributed by atoms with van der Waals surface area (Å²) in [6, 6.07) is 25.4. The fourth-order valence-corrected chi connectivity index (χ4v) is 3.95. The molecule has 0 atom stereocenters. The fraction of sp³-hybridized carbons (Fsp3) is 0.0690. The Balaban J connectivity index is 1.43. The number of furan rings is 1. The van der Waals surface area contributed by atoms with Crippen LogP contribution in [0.25, 0.3) is 16.9 Å². The van der Waals surface area contributed by atoms with Gasteiger partial charge in [-0.25, -0.2) is 13.5 Å². The summed E-state index contributed by atoms with van der Waals surface area (Å²) in [5, 5.41) is 7.42. The monoisotopic (exact) mass is 512 g/mol. The number of carbonyl (C=O) groups excluding carboxylic acids is 2. The van der Waals surface area contributed by atoms with Gasteiger partial charge in [-0.3, -0.25) is 9.59 Å². The van der Waals surface area contributed by atoms with E-state index in [1.54, 1.807) is 30.3 Å². The smallest absolute Gasteiger partial charge is 0.254 e. The Hall–Kier alpha value is -5.05. The molecular weight excluding hydrogens is 490 g/mol. The summed E-state index contributed by atoms with van der Waals surface area (Å²) in [5.41, 5.74) is 2.05. The second-order valence-corrected chi connectivity index (χ2v) is 8.47. The molecule has 0 unspecified atom stereocenters.